The molecule has 0 bridgehead atoms. The second-order valence-corrected chi connectivity index (χ2v) is 15.8. The van der Waals surface area contributed by atoms with Gasteiger partial charge in [-0.1, -0.05) is 12.1 Å². The van der Waals surface area contributed by atoms with Gasteiger partial charge in [-0.25, -0.2) is 9.18 Å². The van der Waals surface area contributed by atoms with Crippen molar-refractivity contribution in [1.82, 2.24) is 24.8 Å². The fraction of sp³-hybridized carbons (Fsp3) is 0.409. The second-order valence-electron chi connectivity index (χ2n) is 15.8. The molecule has 3 fully saturated rings. The summed E-state index contributed by atoms with van der Waals surface area (Å²) in [7, 11) is 0. The van der Waals surface area contributed by atoms with Crippen LogP contribution in [-0.2, 0) is 24.4 Å². The lowest BCUT2D eigenvalue weighted by molar-refractivity contribution is 0.0879. The van der Waals surface area contributed by atoms with Crippen molar-refractivity contribution < 1.29 is 13.9 Å². The van der Waals surface area contributed by atoms with Crippen molar-refractivity contribution in [2.24, 2.45) is 0 Å². The zero-order valence-electron chi connectivity index (χ0n) is 32.3. The molecular weight excluding hydrogens is 708 g/mol. The highest BCUT2D eigenvalue weighted by molar-refractivity contribution is 5.84. The number of aromatic nitrogens is 3. The van der Waals surface area contributed by atoms with Gasteiger partial charge in [0.15, 0.2) is 5.43 Å². The average Bonchev–Trinajstić information content (AvgIpc) is 4.05. The number of hydrogen-bond donors (Lipinski definition) is 2. The van der Waals surface area contributed by atoms with Crippen LogP contribution in [0.25, 0.3) is 10.9 Å². The predicted molar refractivity (Wildman–Crippen MR) is 218 cm³/mol. The summed E-state index contributed by atoms with van der Waals surface area (Å²) in [5.74, 6) is -0.443. The lowest BCUT2D eigenvalue weighted by Crippen LogP contribution is -2.48. The molecule has 3 N–H and O–H groups in total. The van der Waals surface area contributed by atoms with Gasteiger partial charge >= 0.3 is 6.09 Å². The zero-order valence-corrected chi connectivity index (χ0v) is 32.3. The van der Waals surface area contributed by atoms with Crippen LogP contribution in [0, 0.1) is 19.7 Å². The van der Waals surface area contributed by atoms with Gasteiger partial charge in [0.25, 0.3) is 0 Å². The minimum atomic E-state index is -0.510. The van der Waals surface area contributed by atoms with Crippen LogP contribution in [0.5, 0.6) is 0 Å². The number of nitrogen functional groups attached to an aromatic ring is 1. The van der Waals surface area contributed by atoms with Crippen molar-refractivity contribution in [3.8, 4) is 0 Å². The van der Waals surface area contributed by atoms with E-state index in [9.17, 15) is 9.59 Å². The molecule has 56 heavy (non-hydrogen) atoms. The van der Waals surface area contributed by atoms with Gasteiger partial charge in [-0.2, -0.15) is 0 Å². The van der Waals surface area contributed by atoms with Gasteiger partial charge in [-0.3, -0.25) is 19.7 Å². The first-order valence-corrected chi connectivity index (χ1v) is 19.9. The van der Waals surface area contributed by atoms with E-state index in [4.69, 9.17) is 10.5 Å². The molecule has 2 atom stereocenters. The van der Waals surface area contributed by atoms with Crippen LogP contribution in [0.3, 0.4) is 0 Å². The summed E-state index contributed by atoms with van der Waals surface area (Å²) < 4.78 is 24.2. The molecule has 1 aliphatic carbocycles. The number of rotatable bonds is 11. The number of pyridine rings is 3. The Labute approximate surface area is 327 Å². The van der Waals surface area contributed by atoms with Gasteiger partial charge in [0.2, 0.25) is 0 Å². The van der Waals surface area contributed by atoms with Crippen molar-refractivity contribution in [1.29, 1.82) is 0 Å². The van der Waals surface area contributed by atoms with E-state index in [1.807, 2.05) is 55.5 Å². The fourth-order valence-electron chi connectivity index (χ4n) is 8.29. The highest BCUT2D eigenvalue weighted by Crippen LogP contribution is 2.39. The summed E-state index contributed by atoms with van der Waals surface area (Å²) in [4.78, 5) is 42.9. The van der Waals surface area contributed by atoms with Crippen LogP contribution in [-0.4, -0.2) is 63.9 Å². The molecule has 3 aromatic heterocycles. The third-order valence-electron chi connectivity index (χ3n) is 11.4. The highest BCUT2D eigenvalue weighted by Gasteiger charge is 2.31. The smallest absolute Gasteiger partial charge is 0.407 e. The number of fused-ring (bicyclic) bond motifs is 1. The van der Waals surface area contributed by atoms with Crippen molar-refractivity contribution >= 4 is 34.1 Å². The maximum Gasteiger partial charge on any atom is 0.407 e. The number of alkyl carbamates (subject to hydrolysis) is 1. The van der Waals surface area contributed by atoms with Crippen LogP contribution in [0.1, 0.15) is 72.6 Å². The standard InChI is InChI=1S/C44H51FN8O3/c1-29-7-12-36(23-48-29)50-17-3-5-37(27-50)52(24-32-15-16-47-30(2)19-32)25-33-26-53(35-13-14-35)41-21-42(40(45)20-39(41)43(33)54)51-18-4-6-38(28-51)56-44(55)49-22-31-8-10-34(46)11-9-31/h7-12,15-16,19-21,23,26,35,37-38H,3-6,13-14,17-18,22,24-25,27-28,46H2,1-2H3,(H,49,55)/t37-,38-/m0/s1. The number of hydrogen-bond acceptors (Lipinski definition) is 9. The van der Waals surface area contributed by atoms with Gasteiger partial charge in [-0.15, -0.1) is 0 Å². The van der Waals surface area contributed by atoms with Gasteiger partial charge in [0.1, 0.15) is 11.9 Å². The number of carbonyl (C=O) groups excluding carboxylic acids is 1. The molecule has 5 heterocycles. The first-order chi connectivity index (χ1) is 27.2. The molecule has 292 valence electrons. The highest BCUT2D eigenvalue weighted by atomic mass is 19.1. The van der Waals surface area contributed by atoms with Gasteiger partial charge in [0, 0.05) is 91.8 Å². The van der Waals surface area contributed by atoms with Gasteiger partial charge in [0.05, 0.1) is 29.6 Å². The average molecular weight is 759 g/mol. The molecule has 11 nitrogen and oxygen atoms in total. The number of nitrogens with two attached hydrogens (primary N) is 1. The van der Waals surface area contributed by atoms with Crippen LogP contribution in [0.2, 0.25) is 0 Å². The molecule has 2 aliphatic heterocycles. The largest absolute Gasteiger partial charge is 0.444 e. The number of nitrogens with zero attached hydrogens (tertiary/aromatic N) is 6. The summed E-state index contributed by atoms with van der Waals surface area (Å²) in [6.07, 6.45) is 10.4. The van der Waals surface area contributed by atoms with Crippen molar-refractivity contribution in [3.05, 3.63) is 123 Å². The quantitative estimate of drug-likeness (QED) is 0.137. The number of ether oxygens (including phenoxy) is 1. The topological polar surface area (TPSA) is 122 Å². The molecule has 12 heteroatoms. The second kappa shape index (κ2) is 16.3. The third-order valence-corrected chi connectivity index (χ3v) is 11.4. The summed E-state index contributed by atoms with van der Waals surface area (Å²) in [6.45, 7) is 8.20. The molecular formula is C44H51FN8O3. The van der Waals surface area contributed by atoms with Crippen molar-refractivity contribution in [2.75, 3.05) is 41.7 Å². The van der Waals surface area contributed by atoms with E-state index in [1.165, 1.54) is 6.07 Å². The molecule has 5 aromatic rings. The van der Waals surface area contributed by atoms with E-state index >= 15 is 4.39 Å². The number of amides is 1. The molecule has 8 rings (SSSR count). The maximum atomic E-state index is 16.3. The van der Waals surface area contributed by atoms with Crippen LogP contribution >= 0.6 is 0 Å². The van der Waals surface area contributed by atoms with E-state index in [0.717, 1.165) is 78.9 Å². The Morgan fingerprint density at radius 3 is 2.48 bits per heavy atom. The molecule has 3 aliphatic rings. The zero-order chi connectivity index (χ0) is 38.8. The minimum absolute atomic E-state index is 0.133. The SMILES string of the molecule is Cc1ccc(N2CCC[C@H](N(Cc3ccnc(C)c3)Cc3cn(C4CC4)c4cc(N5CCC[C@H](OC(=O)NCc6ccc(N)cc6)C5)c(F)cc4c3=O)C2)cn1. The number of carbonyl (C=O) groups is 1. The maximum absolute atomic E-state index is 16.3. The van der Waals surface area contributed by atoms with Crippen LogP contribution < -0.4 is 26.3 Å². The number of aryl methyl sites for hydroxylation is 2. The number of benzene rings is 2. The third kappa shape index (κ3) is 8.65. The van der Waals surface area contributed by atoms with Gasteiger partial charge in [-0.05, 0) is 112 Å². The Kier molecular flexibility index (Phi) is 10.9. The van der Waals surface area contributed by atoms with Gasteiger partial charge < -0.3 is 30.2 Å². The number of halogens is 1. The van der Waals surface area contributed by atoms with Crippen LogP contribution in [0.15, 0.2) is 84.0 Å². The Morgan fingerprint density at radius 1 is 0.911 bits per heavy atom. The fourth-order valence-corrected chi connectivity index (χ4v) is 8.29. The lowest BCUT2D eigenvalue weighted by Gasteiger charge is -2.40. The van der Waals surface area contributed by atoms with E-state index in [2.05, 4.69) is 53.9 Å². The monoisotopic (exact) mass is 758 g/mol. The number of nitrogens with one attached hydrogen (secondary N) is 1. The molecule has 2 aromatic carbocycles. The molecule has 0 spiro atoms. The van der Waals surface area contributed by atoms with E-state index in [-0.39, 0.29) is 17.5 Å². The Morgan fingerprint density at radius 2 is 1.71 bits per heavy atom. The Balaban J connectivity index is 1.04. The summed E-state index contributed by atoms with van der Waals surface area (Å²) in [5.41, 5.74) is 13.3. The molecule has 0 unspecified atom stereocenters. The Hall–Kier alpha value is -5.49. The van der Waals surface area contributed by atoms with Crippen molar-refractivity contribution in [3.63, 3.8) is 0 Å². The molecule has 2 saturated heterocycles. The molecule has 0 radical (unpaired) electrons. The van der Waals surface area contributed by atoms with E-state index < -0.39 is 18.0 Å². The summed E-state index contributed by atoms with van der Waals surface area (Å²) in [6, 6.07) is 19.4. The summed E-state index contributed by atoms with van der Waals surface area (Å²) in [5, 5.41) is 3.21. The summed E-state index contributed by atoms with van der Waals surface area (Å²) >= 11 is 0. The first-order valence-electron chi connectivity index (χ1n) is 19.9. The first kappa shape index (κ1) is 37.4. The molecule has 1 amide bonds. The van der Waals surface area contributed by atoms with Crippen LogP contribution in [0.4, 0.5) is 26.2 Å². The van der Waals surface area contributed by atoms with E-state index in [1.54, 1.807) is 12.1 Å². The van der Waals surface area contributed by atoms with E-state index in [0.29, 0.717) is 61.5 Å². The lowest BCUT2D eigenvalue weighted by atomic mass is 10.0. The van der Waals surface area contributed by atoms with Crippen molar-refractivity contribution in [2.45, 2.75) is 90.2 Å². The normalized spacial score (nSPS) is 18.7. The predicted octanol–water partition coefficient (Wildman–Crippen LogP) is 7.03. The number of anilines is 3. The molecule has 1 saturated carbocycles. The Bertz CT molecular complexity index is 2240. The minimum Gasteiger partial charge on any atom is -0.444 e. The number of piperidine rings is 2.